The van der Waals surface area contributed by atoms with Gasteiger partial charge >= 0.3 is 0 Å². The average molecular weight is 355 g/mol. The van der Waals surface area contributed by atoms with Crippen molar-refractivity contribution in [2.75, 3.05) is 0 Å². The molecule has 0 aliphatic carbocycles. The molecule has 3 N–H and O–H groups in total. The first kappa shape index (κ1) is 18.0. The van der Waals surface area contributed by atoms with Gasteiger partial charge < -0.3 is 11.1 Å². The molecule has 0 heterocycles. The lowest BCUT2D eigenvalue weighted by atomic mass is 10.2. The summed E-state index contributed by atoms with van der Waals surface area (Å²) in [6.45, 7) is 3.63. The number of nitrogens with zero attached hydrogens (tertiary/aromatic N) is 1. The first-order valence-electron chi connectivity index (χ1n) is 6.07. The van der Waals surface area contributed by atoms with Crippen LogP contribution in [-0.2, 0) is 0 Å². The standard InChI is InChI=1S/C13H15Cl3FN3O/c1-7(2)10(18)19-12(13(14,15)16)20-11(21)8-3-5-9(17)6-4-8/h3-7,12H,1-2H3,(H2,18,19)(H,20,21)/t12-/m1/s1. The smallest absolute Gasteiger partial charge is 0.253 e. The van der Waals surface area contributed by atoms with Crippen LogP contribution < -0.4 is 11.1 Å². The molecule has 1 aromatic rings. The Hall–Kier alpha value is -1.04. The molecule has 0 bridgehead atoms. The van der Waals surface area contributed by atoms with Crippen LogP contribution in [0.4, 0.5) is 4.39 Å². The van der Waals surface area contributed by atoms with E-state index in [2.05, 4.69) is 10.3 Å². The minimum atomic E-state index is -1.87. The number of hydrogen-bond donors (Lipinski definition) is 2. The summed E-state index contributed by atoms with van der Waals surface area (Å²) in [5, 5.41) is 2.45. The van der Waals surface area contributed by atoms with E-state index >= 15 is 0 Å². The van der Waals surface area contributed by atoms with Crippen molar-refractivity contribution in [2.24, 2.45) is 16.6 Å². The number of carbonyl (C=O) groups is 1. The van der Waals surface area contributed by atoms with Crippen LogP contribution in [0.1, 0.15) is 24.2 Å². The second-order valence-corrected chi connectivity index (χ2v) is 7.00. The summed E-state index contributed by atoms with van der Waals surface area (Å²) in [6, 6.07) is 4.95. The lowest BCUT2D eigenvalue weighted by Gasteiger charge is -2.23. The number of aliphatic imine (C=N–C) groups is 1. The number of nitrogens with one attached hydrogen (secondary N) is 1. The van der Waals surface area contributed by atoms with Crippen LogP contribution >= 0.6 is 34.8 Å². The van der Waals surface area contributed by atoms with Crippen LogP contribution in [0.3, 0.4) is 0 Å². The molecule has 0 fully saturated rings. The highest BCUT2D eigenvalue weighted by atomic mass is 35.6. The van der Waals surface area contributed by atoms with Crippen molar-refractivity contribution in [3.8, 4) is 0 Å². The van der Waals surface area contributed by atoms with Gasteiger partial charge in [0.2, 0.25) is 3.79 Å². The molecular weight excluding hydrogens is 340 g/mol. The normalized spacial score (nSPS) is 14.1. The van der Waals surface area contributed by atoms with Gasteiger partial charge in [-0.3, -0.25) is 4.79 Å². The molecule has 0 saturated heterocycles. The second-order valence-electron chi connectivity index (χ2n) is 4.63. The number of nitrogens with two attached hydrogens (primary N) is 1. The summed E-state index contributed by atoms with van der Waals surface area (Å²) in [4.78, 5) is 16.1. The van der Waals surface area contributed by atoms with Gasteiger partial charge in [-0.25, -0.2) is 9.38 Å². The van der Waals surface area contributed by atoms with Crippen molar-refractivity contribution >= 4 is 46.5 Å². The van der Waals surface area contributed by atoms with Gasteiger partial charge in [-0.15, -0.1) is 0 Å². The Morgan fingerprint density at radius 2 is 1.81 bits per heavy atom. The number of alkyl halides is 3. The quantitative estimate of drug-likeness (QED) is 0.495. The molecular formula is C13H15Cl3FN3O. The number of amides is 1. The molecule has 21 heavy (non-hydrogen) atoms. The molecule has 0 aliphatic heterocycles. The molecule has 1 amide bonds. The van der Waals surface area contributed by atoms with Crippen molar-refractivity contribution in [3.05, 3.63) is 35.6 Å². The number of rotatable bonds is 4. The zero-order valence-corrected chi connectivity index (χ0v) is 13.7. The van der Waals surface area contributed by atoms with Gasteiger partial charge in [0.15, 0.2) is 6.17 Å². The Balaban J connectivity index is 2.94. The Morgan fingerprint density at radius 1 is 1.29 bits per heavy atom. The molecule has 0 aromatic heterocycles. The molecule has 4 nitrogen and oxygen atoms in total. The van der Waals surface area contributed by atoms with E-state index in [-0.39, 0.29) is 17.3 Å². The Labute approximate surface area is 137 Å². The summed E-state index contributed by atoms with van der Waals surface area (Å²) in [5.41, 5.74) is 5.94. The molecule has 1 aromatic carbocycles. The zero-order valence-electron chi connectivity index (χ0n) is 11.4. The molecule has 0 saturated carbocycles. The second kappa shape index (κ2) is 7.29. The fourth-order valence-corrected chi connectivity index (χ4v) is 1.60. The maximum Gasteiger partial charge on any atom is 0.253 e. The zero-order chi connectivity index (χ0) is 16.2. The minimum Gasteiger partial charge on any atom is -0.387 e. The molecule has 8 heteroatoms. The van der Waals surface area contributed by atoms with Gasteiger partial charge in [0.1, 0.15) is 5.82 Å². The van der Waals surface area contributed by atoms with Gasteiger partial charge in [-0.2, -0.15) is 0 Å². The van der Waals surface area contributed by atoms with Crippen LogP contribution in [0.2, 0.25) is 0 Å². The highest BCUT2D eigenvalue weighted by Gasteiger charge is 2.34. The molecule has 0 unspecified atom stereocenters. The van der Waals surface area contributed by atoms with E-state index in [1.165, 1.54) is 12.1 Å². The maximum atomic E-state index is 12.8. The highest BCUT2D eigenvalue weighted by Crippen LogP contribution is 2.31. The topological polar surface area (TPSA) is 67.5 Å². The maximum absolute atomic E-state index is 12.8. The van der Waals surface area contributed by atoms with E-state index < -0.39 is 21.7 Å². The predicted molar refractivity (Wildman–Crippen MR) is 84.4 cm³/mol. The summed E-state index contributed by atoms with van der Waals surface area (Å²) in [5.74, 6) is -0.827. The van der Waals surface area contributed by atoms with E-state index in [0.29, 0.717) is 0 Å². The number of benzene rings is 1. The molecule has 0 aliphatic rings. The van der Waals surface area contributed by atoms with Crippen LogP contribution in [0.25, 0.3) is 0 Å². The number of carbonyl (C=O) groups excluding carboxylic acids is 1. The number of halogens is 4. The van der Waals surface area contributed by atoms with Crippen molar-refractivity contribution in [3.63, 3.8) is 0 Å². The lowest BCUT2D eigenvalue weighted by Crippen LogP contribution is -2.44. The van der Waals surface area contributed by atoms with Crippen molar-refractivity contribution in [1.29, 1.82) is 0 Å². The molecule has 1 atom stereocenters. The SMILES string of the molecule is CC(C)C(N)=N[C@H](NC(=O)c1ccc(F)cc1)C(Cl)(Cl)Cl. The third kappa shape index (κ3) is 5.69. The molecule has 1 rings (SSSR count). The van der Waals surface area contributed by atoms with E-state index in [0.717, 1.165) is 12.1 Å². The Bertz CT molecular complexity index is 526. The van der Waals surface area contributed by atoms with E-state index in [1.807, 2.05) is 13.8 Å². The van der Waals surface area contributed by atoms with Crippen LogP contribution in [-0.4, -0.2) is 21.7 Å². The first-order valence-corrected chi connectivity index (χ1v) is 7.21. The Morgan fingerprint density at radius 3 is 2.24 bits per heavy atom. The van der Waals surface area contributed by atoms with E-state index in [9.17, 15) is 9.18 Å². The van der Waals surface area contributed by atoms with Gasteiger partial charge in [0.05, 0.1) is 5.84 Å². The van der Waals surface area contributed by atoms with Gasteiger partial charge in [0.25, 0.3) is 5.91 Å². The highest BCUT2D eigenvalue weighted by molar-refractivity contribution is 6.68. The predicted octanol–water partition coefficient (Wildman–Crippen LogP) is 3.27. The fourth-order valence-electron chi connectivity index (χ4n) is 1.29. The van der Waals surface area contributed by atoms with Crippen molar-refractivity contribution in [2.45, 2.75) is 23.8 Å². The van der Waals surface area contributed by atoms with E-state index in [4.69, 9.17) is 40.5 Å². The third-order valence-electron chi connectivity index (χ3n) is 2.55. The van der Waals surface area contributed by atoms with Gasteiger partial charge in [0, 0.05) is 11.5 Å². The van der Waals surface area contributed by atoms with Crippen molar-refractivity contribution < 1.29 is 9.18 Å². The largest absolute Gasteiger partial charge is 0.387 e. The molecule has 0 spiro atoms. The van der Waals surface area contributed by atoms with Crippen LogP contribution in [0.15, 0.2) is 29.3 Å². The average Bonchev–Trinajstić information content (AvgIpc) is 2.37. The first-order chi connectivity index (χ1) is 9.61. The third-order valence-corrected chi connectivity index (χ3v) is 3.17. The monoisotopic (exact) mass is 353 g/mol. The lowest BCUT2D eigenvalue weighted by molar-refractivity contribution is 0.0938. The number of hydrogen-bond acceptors (Lipinski definition) is 2. The summed E-state index contributed by atoms with van der Waals surface area (Å²) in [7, 11) is 0. The van der Waals surface area contributed by atoms with Gasteiger partial charge in [-0.1, -0.05) is 48.7 Å². The molecule has 0 radical (unpaired) electrons. The van der Waals surface area contributed by atoms with Crippen molar-refractivity contribution in [1.82, 2.24) is 5.32 Å². The van der Waals surface area contributed by atoms with Crippen LogP contribution in [0, 0.1) is 11.7 Å². The summed E-state index contributed by atoms with van der Waals surface area (Å²) in [6.07, 6.45) is -1.15. The van der Waals surface area contributed by atoms with Crippen LogP contribution in [0.5, 0.6) is 0 Å². The van der Waals surface area contributed by atoms with E-state index in [1.54, 1.807) is 0 Å². The summed E-state index contributed by atoms with van der Waals surface area (Å²) < 4.78 is 11.0. The minimum absolute atomic E-state index is 0.0671. The van der Waals surface area contributed by atoms with Gasteiger partial charge in [-0.05, 0) is 24.3 Å². The Kier molecular flexibility index (Phi) is 6.25. The fraction of sp³-hybridized carbons (Fsp3) is 0.385. The molecule has 116 valence electrons. The summed E-state index contributed by atoms with van der Waals surface area (Å²) >= 11 is 17.4. The number of amidine groups is 1.